The Balaban J connectivity index is 0.962. The van der Waals surface area contributed by atoms with Gasteiger partial charge in [0.05, 0.1) is 5.69 Å². The van der Waals surface area contributed by atoms with E-state index in [-0.39, 0.29) is 0 Å². The van der Waals surface area contributed by atoms with Crippen LogP contribution in [-0.4, -0.2) is 0 Å². The normalized spacial score (nSPS) is 11.5. The molecule has 0 amide bonds. The molecular formula is C50H33NO. The minimum atomic E-state index is 0.918. The van der Waals surface area contributed by atoms with Gasteiger partial charge in [0, 0.05) is 27.5 Å². The van der Waals surface area contributed by atoms with Crippen LogP contribution in [0.2, 0.25) is 0 Å². The van der Waals surface area contributed by atoms with Gasteiger partial charge in [-0.25, -0.2) is 0 Å². The molecule has 0 atom stereocenters. The fourth-order valence-corrected chi connectivity index (χ4v) is 7.74. The SMILES string of the molecule is c1ccc(N(c2ccc(-c3ccc(-c4ccc(-c5cccc6oc7ccccc7c56)cc4)cc3)cc2)c2cc3ccccc3c3ccccc23)cc1. The van der Waals surface area contributed by atoms with E-state index in [1.807, 2.05) is 18.2 Å². The lowest BCUT2D eigenvalue weighted by Gasteiger charge is -2.27. The number of fused-ring (bicyclic) bond motifs is 6. The molecule has 0 fully saturated rings. The number of para-hydroxylation sites is 2. The van der Waals surface area contributed by atoms with Crippen LogP contribution in [0.25, 0.3) is 76.9 Å². The van der Waals surface area contributed by atoms with Crippen LogP contribution in [0.5, 0.6) is 0 Å². The lowest BCUT2D eigenvalue weighted by Crippen LogP contribution is -2.10. The van der Waals surface area contributed by atoms with E-state index in [9.17, 15) is 0 Å². The molecule has 10 rings (SSSR count). The topological polar surface area (TPSA) is 16.4 Å². The molecule has 0 saturated carbocycles. The van der Waals surface area contributed by atoms with E-state index in [2.05, 4.69) is 187 Å². The van der Waals surface area contributed by atoms with Crippen LogP contribution in [0, 0.1) is 0 Å². The molecule has 0 unspecified atom stereocenters. The summed E-state index contributed by atoms with van der Waals surface area (Å²) in [5.41, 5.74) is 12.4. The Hall–Kier alpha value is -6.90. The highest BCUT2D eigenvalue weighted by atomic mass is 16.3. The van der Waals surface area contributed by atoms with E-state index in [4.69, 9.17) is 4.42 Å². The molecule has 52 heavy (non-hydrogen) atoms. The van der Waals surface area contributed by atoms with Gasteiger partial charge in [-0.15, -0.1) is 0 Å². The minimum absolute atomic E-state index is 0.918. The molecule has 0 radical (unpaired) electrons. The maximum absolute atomic E-state index is 6.14. The molecule has 0 aliphatic rings. The van der Waals surface area contributed by atoms with Gasteiger partial charge in [-0.3, -0.25) is 0 Å². The van der Waals surface area contributed by atoms with Crippen LogP contribution >= 0.6 is 0 Å². The molecule has 0 aliphatic heterocycles. The van der Waals surface area contributed by atoms with Crippen LogP contribution in [-0.2, 0) is 0 Å². The molecule has 9 aromatic carbocycles. The third-order valence-electron chi connectivity index (χ3n) is 10.3. The summed E-state index contributed by atoms with van der Waals surface area (Å²) >= 11 is 0. The van der Waals surface area contributed by atoms with Crippen LogP contribution in [0.15, 0.2) is 205 Å². The number of hydrogen-bond acceptors (Lipinski definition) is 2. The van der Waals surface area contributed by atoms with Crippen LogP contribution in [0.3, 0.4) is 0 Å². The minimum Gasteiger partial charge on any atom is -0.456 e. The lowest BCUT2D eigenvalue weighted by molar-refractivity contribution is 0.669. The molecule has 1 heterocycles. The first-order valence-corrected chi connectivity index (χ1v) is 17.8. The molecule has 0 aliphatic carbocycles. The summed E-state index contributed by atoms with van der Waals surface area (Å²) in [7, 11) is 0. The summed E-state index contributed by atoms with van der Waals surface area (Å²) in [6.07, 6.45) is 0. The molecule has 0 bridgehead atoms. The predicted octanol–water partition coefficient (Wildman–Crippen LogP) is 14.4. The van der Waals surface area contributed by atoms with Crippen molar-refractivity contribution in [3.8, 4) is 33.4 Å². The molecule has 0 saturated heterocycles. The Morgan fingerprint density at radius 1 is 0.327 bits per heavy atom. The zero-order valence-corrected chi connectivity index (χ0v) is 28.4. The first-order valence-electron chi connectivity index (χ1n) is 17.8. The van der Waals surface area contributed by atoms with E-state index in [0.717, 1.165) is 27.9 Å². The molecule has 2 heteroatoms. The summed E-state index contributed by atoms with van der Waals surface area (Å²) in [6, 6.07) is 71.7. The van der Waals surface area contributed by atoms with Crippen molar-refractivity contribution in [1.29, 1.82) is 0 Å². The Labute approximate surface area is 302 Å². The average molecular weight is 664 g/mol. The van der Waals surface area contributed by atoms with Gasteiger partial charge >= 0.3 is 0 Å². The van der Waals surface area contributed by atoms with Crippen LogP contribution in [0.4, 0.5) is 17.1 Å². The number of anilines is 3. The first kappa shape index (κ1) is 30.0. The van der Waals surface area contributed by atoms with E-state index in [0.29, 0.717) is 0 Å². The second kappa shape index (κ2) is 12.5. The zero-order valence-electron chi connectivity index (χ0n) is 28.4. The number of rotatable bonds is 6. The molecule has 2 nitrogen and oxygen atoms in total. The zero-order chi connectivity index (χ0) is 34.4. The van der Waals surface area contributed by atoms with Crippen molar-refractivity contribution in [2.24, 2.45) is 0 Å². The molecule has 0 N–H and O–H groups in total. The highest BCUT2D eigenvalue weighted by molar-refractivity contribution is 6.15. The average Bonchev–Trinajstić information content (AvgIpc) is 3.61. The molecule has 0 spiro atoms. The second-order valence-electron chi connectivity index (χ2n) is 13.3. The maximum Gasteiger partial charge on any atom is 0.136 e. The van der Waals surface area contributed by atoms with Crippen molar-refractivity contribution in [3.05, 3.63) is 200 Å². The summed E-state index contributed by atoms with van der Waals surface area (Å²) in [6.45, 7) is 0. The number of nitrogens with zero attached hydrogens (tertiary/aromatic N) is 1. The smallest absolute Gasteiger partial charge is 0.136 e. The fraction of sp³-hybridized carbons (Fsp3) is 0. The van der Waals surface area contributed by atoms with E-state index in [1.54, 1.807) is 0 Å². The second-order valence-corrected chi connectivity index (χ2v) is 13.3. The van der Waals surface area contributed by atoms with Gasteiger partial charge in [-0.1, -0.05) is 158 Å². The summed E-state index contributed by atoms with van der Waals surface area (Å²) < 4.78 is 6.14. The lowest BCUT2D eigenvalue weighted by atomic mass is 9.96. The molecule has 10 aromatic rings. The largest absolute Gasteiger partial charge is 0.456 e. The van der Waals surface area contributed by atoms with Gasteiger partial charge < -0.3 is 9.32 Å². The van der Waals surface area contributed by atoms with Gasteiger partial charge in [0.1, 0.15) is 11.2 Å². The van der Waals surface area contributed by atoms with Crippen molar-refractivity contribution < 1.29 is 4.42 Å². The highest BCUT2D eigenvalue weighted by Crippen LogP contribution is 2.42. The summed E-state index contributed by atoms with van der Waals surface area (Å²) in [5.74, 6) is 0. The van der Waals surface area contributed by atoms with Gasteiger partial charge in [-0.2, -0.15) is 0 Å². The fourth-order valence-electron chi connectivity index (χ4n) is 7.74. The van der Waals surface area contributed by atoms with E-state index in [1.165, 1.54) is 66.0 Å². The van der Waals surface area contributed by atoms with Crippen molar-refractivity contribution in [3.63, 3.8) is 0 Å². The maximum atomic E-state index is 6.14. The Kier molecular flexibility index (Phi) is 7.18. The molecule has 244 valence electrons. The Morgan fingerprint density at radius 2 is 0.827 bits per heavy atom. The summed E-state index contributed by atoms with van der Waals surface area (Å²) in [5, 5.41) is 7.30. The summed E-state index contributed by atoms with van der Waals surface area (Å²) in [4.78, 5) is 2.38. The van der Waals surface area contributed by atoms with Crippen molar-refractivity contribution >= 4 is 60.5 Å². The van der Waals surface area contributed by atoms with Gasteiger partial charge in [0.25, 0.3) is 0 Å². The van der Waals surface area contributed by atoms with E-state index < -0.39 is 0 Å². The van der Waals surface area contributed by atoms with Crippen molar-refractivity contribution in [1.82, 2.24) is 0 Å². The standard InChI is InChI=1S/C50H33NO/c1-2-12-40(13-3-1)51(47-33-39-11-4-5-14-42(39)44-15-6-7-16-45(44)47)41-31-29-37(30-32-41)35-23-21-34(22-24-35)36-25-27-38(28-26-36)43-18-10-20-49-50(43)46-17-8-9-19-48(46)52-49/h1-33H. The third-order valence-corrected chi connectivity index (χ3v) is 10.3. The van der Waals surface area contributed by atoms with Gasteiger partial charge in [-0.05, 0) is 92.0 Å². The Bertz CT molecular complexity index is 2870. The Morgan fingerprint density at radius 3 is 1.52 bits per heavy atom. The van der Waals surface area contributed by atoms with Gasteiger partial charge in [0.2, 0.25) is 0 Å². The quantitative estimate of drug-likeness (QED) is 0.165. The first-order chi connectivity index (χ1) is 25.8. The van der Waals surface area contributed by atoms with E-state index >= 15 is 0 Å². The monoisotopic (exact) mass is 663 g/mol. The third kappa shape index (κ3) is 5.12. The predicted molar refractivity (Wildman–Crippen MR) is 220 cm³/mol. The van der Waals surface area contributed by atoms with Crippen LogP contribution in [0.1, 0.15) is 0 Å². The number of benzene rings is 9. The number of furan rings is 1. The molecule has 1 aromatic heterocycles. The van der Waals surface area contributed by atoms with Crippen LogP contribution < -0.4 is 4.90 Å². The number of hydrogen-bond donors (Lipinski definition) is 0. The highest BCUT2D eigenvalue weighted by Gasteiger charge is 2.17. The van der Waals surface area contributed by atoms with Gasteiger partial charge in [0.15, 0.2) is 0 Å². The van der Waals surface area contributed by atoms with Crippen molar-refractivity contribution in [2.75, 3.05) is 4.90 Å². The molecular weight excluding hydrogens is 631 g/mol. The van der Waals surface area contributed by atoms with Crippen molar-refractivity contribution in [2.45, 2.75) is 0 Å².